The van der Waals surface area contributed by atoms with Gasteiger partial charge in [0.2, 0.25) is 10.5 Å². The van der Waals surface area contributed by atoms with Crippen LogP contribution in [0.1, 0.15) is 5.56 Å². The molecule has 0 heterocycles. The molecule has 0 bridgehead atoms. The molecule has 1 aromatic rings. The van der Waals surface area contributed by atoms with Gasteiger partial charge in [0, 0.05) is 5.02 Å². The Balaban J connectivity index is 2.96. The van der Waals surface area contributed by atoms with Crippen LogP contribution in [0.15, 0.2) is 18.2 Å². The van der Waals surface area contributed by atoms with E-state index in [2.05, 4.69) is 10.5 Å². The van der Waals surface area contributed by atoms with Crippen molar-refractivity contribution in [3.63, 3.8) is 0 Å². The lowest BCUT2D eigenvalue weighted by atomic mass is 10.2. The van der Waals surface area contributed by atoms with Crippen molar-refractivity contribution in [2.45, 2.75) is 6.92 Å². The van der Waals surface area contributed by atoms with E-state index in [0.29, 0.717) is 0 Å². The molecule has 0 spiro atoms. The van der Waals surface area contributed by atoms with E-state index in [0.717, 1.165) is 15.8 Å². The van der Waals surface area contributed by atoms with Crippen LogP contribution in [0.2, 0.25) is 5.02 Å². The monoisotopic (exact) mass is 197 g/mol. The molecule has 0 amide bonds. The number of halogens is 1. The molecule has 11 heavy (non-hydrogen) atoms. The maximum Gasteiger partial charge on any atom is 0.258 e. The first-order chi connectivity index (χ1) is 5.25. The van der Waals surface area contributed by atoms with Crippen LogP contribution in [0.25, 0.3) is 0 Å². The van der Waals surface area contributed by atoms with Crippen LogP contribution >= 0.6 is 11.6 Å². The fourth-order valence-electron chi connectivity index (χ4n) is 0.781. The second kappa shape index (κ2) is 4.06. The van der Waals surface area contributed by atoms with Crippen molar-refractivity contribution in [1.82, 2.24) is 0 Å². The maximum atomic E-state index is 5.98. The lowest BCUT2D eigenvalue weighted by molar-refractivity contribution is 0.676. The summed E-state index contributed by atoms with van der Waals surface area (Å²) in [6, 6.07) is 5.90. The smallest absolute Gasteiger partial charge is 0.258 e. The number of rotatable bonds is 2. The molecule has 5 radical (unpaired) electrons. The summed E-state index contributed by atoms with van der Waals surface area (Å²) in [5.74, 6) is 0. The van der Waals surface area contributed by atoms with Crippen molar-refractivity contribution in [2.75, 3.05) is 0 Å². The number of benzene rings is 1. The summed E-state index contributed by atoms with van der Waals surface area (Å²) in [5, 5.41) is 1.82. The number of aryl methyl sites for hydroxylation is 1. The van der Waals surface area contributed by atoms with E-state index >= 15 is 0 Å². The normalized spacial score (nSPS) is 10.1. The third kappa shape index (κ3) is 2.17. The van der Waals surface area contributed by atoms with Gasteiger partial charge in [-0.3, -0.25) is 0 Å². The van der Waals surface area contributed by atoms with Crippen LogP contribution in [-0.4, -0.2) is 20.2 Å². The molecule has 4 heteroatoms. The van der Waals surface area contributed by atoms with Crippen molar-refractivity contribution in [3.05, 3.63) is 28.8 Å². The average molecular weight is 198 g/mol. The average Bonchev–Trinajstić information content (AvgIpc) is 1.99. The zero-order valence-electron chi connectivity index (χ0n) is 6.02. The summed E-state index contributed by atoms with van der Waals surface area (Å²) in [6.07, 6.45) is 0. The van der Waals surface area contributed by atoms with Gasteiger partial charge >= 0.3 is 0 Å². The molecule has 0 unspecified atom stereocenters. The van der Waals surface area contributed by atoms with Crippen molar-refractivity contribution in [1.29, 1.82) is 0 Å². The van der Waals surface area contributed by atoms with Crippen molar-refractivity contribution >= 4 is 37.0 Å². The molecule has 1 aromatic carbocycles. The molecule has 0 fully saturated rings. The van der Waals surface area contributed by atoms with Gasteiger partial charge < -0.3 is 4.12 Å². The Hall–Kier alpha value is -0.0962. The van der Waals surface area contributed by atoms with Crippen LogP contribution in [0.4, 0.5) is 0 Å². The van der Waals surface area contributed by atoms with Crippen LogP contribution in [0, 0.1) is 6.92 Å². The lowest BCUT2D eigenvalue weighted by Gasteiger charge is -2.02. The first kappa shape index (κ1) is 9.00. The molecule has 1 rings (SSSR count). The van der Waals surface area contributed by atoms with Gasteiger partial charge in [0.25, 0.3) is 9.76 Å². The highest BCUT2D eigenvalue weighted by Crippen LogP contribution is 2.10. The highest BCUT2D eigenvalue weighted by molar-refractivity contribution is 6.56. The van der Waals surface area contributed by atoms with E-state index in [1.54, 1.807) is 0 Å². The minimum absolute atomic E-state index is 0.264. The van der Waals surface area contributed by atoms with Crippen LogP contribution in [-0.2, 0) is 4.12 Å². The predicted molar refractivity (Wildman–Crippen MR) is 48.4 cm³/mol. The van der Waals surface area contributed by atoms with E-state index in [1.807, 2.05) is 25.1 Å². The second-order valence-electron chi connectivity index (χ2n) is 2.14. The zero-order valence-corrected chi connectivity index (χ0v) is 8.77. The number of hydrogen-bond acceptors (Lipinski definition) is 1. The molecule has 0 saturated carbocycles. The highest BCUT2D eigenvalue weighted by atomic mass is 35.5. The molecule has 0 aromatic heterocycles. The Morgan fingerprint density at radius 1 is 1.55 bits per heavy atom. The highest BCUT2D eigenvalue weighted by Gasteiger charge is 2.02. The minimum Gasteiger partial charge on any atom is -0.454 e. The summed E-state index contributed by atoms with van der Waals surface area (Å²) in [6.45, 7) is 1.98. The van der Waals surface area contributed by atoms with Gasteiger partial charge in [0.15, 0.2) is 0 Å². The molecule has 0 N–H and O–H groups in total. The Bertz CT molecular complexity index is 252. The molecule has 0 aliphatic rings. The summed E-state index contributed by atoms with van der Waals surface area (Å²) in [7, 11) is 3.21. The van der Waals surface area contributed by atoms with Gasteiger partial charge in [-0.25, -0.2) is 0 Å². The topological polar surface area (TPSA) is 9.23 Å². The second-order valence-corrected chi connectivity index (χ2v) is 4.08. The Kier molecular flexibility index (Phi) is 3.32. The van der Waals surface area contributed by atoms with E-state index in [9.17, 15) is 0 Å². The third-order valence-corrected chi connectivity index (χ3v) is 3.06. The number of hydrogen-bond donors (Lipinski definition) is 0. The summed E-state index contributed by atoms with van der Waals surface area (Å²) in [5.41, 5.74) is 1.08. The molecule has 1 nitrogen and oxygen atoms in total. The molecule has 0 aliphatic carbocycles. The first-order valence-corrected chi connectivity index (χ1v) is 4.79. The minimum atomic E-state index is 0.264. The van der Waals surface area contributed by atoms with Gasteiger partial charge in [-0.1, -0.05) is 29.8 Å². The molecule has 55 valence electrons. The van der Waals surface area contributed by atoms with Gasteiger partial charge in [-0.15, -0.1) is 0 Å². The Morgan fingerprint density at radius 2 is 2.27 bits per heavy atom. The summed E-state index contributed by atoms with van der Waals surface area (Å²) < 4.78 is 4.81. The fraction of sp³-hybridized carbons (Fsp3) is 0.143. The molecule has 0 aliphatic heterocycles. The predicted octanol–water partition coefficient (Wildman–Crippen LogP) is 0.993. The van der Waals surface area contributed by atoms with Gasteiger partial charge in [0.1, 0.15) is 0 Å². The largest absolute Gasteiger partial charge is 0.454 e. The quantitative estimate of drug-likeness (QED) is 0.643. The van der Waals surface area contributed by atoms with Gasteiger partial charge in [-0.05, 0) is 17.7 Å². The molecular weight excluding hydrogens is 192 g/mol. The van der Waals surface area contributed by atoms with Crippen LogP contribution in [0.5, 0.6) is 0 Å². The van der Waals surface area contributed by atoms with E-state index < -0.39 is 0 Å². The van der Waals surface area contributed by atoms with E-state index in [-0.39, 0.29) is 9.76 Å². The zero-order chi connectivity index (χ0) is 8.27. The van der Waals surface area contributed by atoms with E-state index in [1.165, 1.54) is 0 Å². The lowest BCUT2D eigenvalue weighted by Crippen LogP contribution is -2.18. The fourth-order valence-corrected chi connectivity index (χ4v) is 1.91. The Morgan fingerprint density at radius 3 is 2.91 bits per heavy atom. The summed E-state index contributed by atoms with van der Waals surface area (Å²) >= 11 is 5.98. The SMILES string of the molecule is Cc1cccc([Si]O[Si])c1Cl. The van der Waals surface area contributed by atoms with Gasteiger partial charge in [-0.2, -0.15) is 0 Å². The Labute approximate surface area is 77.2 Å². The third-order valence-electron chi connectivity index (χ3n) is 1.35. The van der Waals surface area contributed by atoms with Crippen molar-refractivity contribution in [3.8, 4) is 0 Å². The van der Waals surface area contributed by atoms with Crippen molar-refractivity contribution in [2.24, 2.45) is 0 Å². The summed E-state index contributed by atoms with van der Waals surface area (Å²) in [4.78, 5) is 0. The standard InChI is InChI=1S/C7H6ClOSi2/c1-5-3-2-4-6(7(5)8)11-9-10/h2-4H,1H3. The van der Waals surface area contributed by atoms with Crippen molar-refractivity contribution < 1.29 is 4.12 Å². The first-order valence-electron chi connectivity index (χ1n) is 3.09. The molecular formula is C7H6ClOSi2. The van der Waals surface area contributed by atoms with Crippen LogP contribution < -0.4 is 5.19 Å². The molecule has 0 atom stereocenters. The maximum absolute atomic E-state index is 5.98. The van der Waals surface area contributed by atoms with Crippen LogP contribution in [0.3, 0.4) is 0 Å². The van der Waals surface area contributed by atoms with Gasteiger partial charge in [0.05, 0.1) is 0 Å². The molecule has 0 saturated heterocycles. The van der Waals surface area contributed by atoms with E-state index in [4.69, 9.17) is 15.7 Å².